The number of nitrogens with zero attached hydrogens (tertiary/aromatic N) is 1. The molecule has 4 heteroatoms. The first-order valence-electron chi connectivity index (χ1n) is 4.67. The maximum atomic E-state index is 11.0. The molecule has 0 amide bonds. The number of hydrogen-bond donors (Lipinski definition) is 1. The van der Waals surface area contributed by atoms with Gasteiger partial charge in [-0.05, 0) is 18.2 Å². The van der Waals surface area contributed by atoms with Crippen molar-refractivity contribution in [2.24, 2.45) is 0 Å². The number of carbonyl (C=O) groups is 1. The average Bonchev–Trinajstić information content (AvgIpc) is 2.31. The minimum atomic E-state index is -0.930. The predicted octanol–water partition coefficient (Wildman–Crippen LogP) is 2.93. The van der Waals surface area contributed by atoms with E-state index in [1.54, 1.807) is 6.20 Å². The van der Waals surface area contributed by atoms with Gasteiger partial charge in [-0.2, -0.15) is 0 Å². The summed E-state index contributed by atoms with van der Waals surface area (Å²) in [6.45, 7) is 0. The Kier molecular flexibility index (Phi) is 3.22. The van der Waals surface area contributed by atoms with Gasteiger partial charge in [0.2, 0.25) is 0 Å². The van der Waals surface area contributed by atoms with Gasteiger partial charge in [-0.1, -0.05) is 30.0 Å². The summed E-state index contributed by atoms with van der Waals surface area (Å²) in [5.74, 6) is -0.930. The molecule has 0 atom stereocenters. The molecule has 0 fully saturated rings. The van der Waals surface area contributed by atoms with Crippen LogP contribution in [0.2, 0.25) is 0 Å². The molecule has 0 saturated carbocycles. The zero-order chi connectivity index (χ0) is 11.4. The van der Waals surface area contributed by atoms with Gasteiger partial charge in [0, 0.05) is 22.2 Å². The Morgan fingerprint density at radius 1 is 1.19 bits per heavy atom. The number of rotatable bonds is 3. The van der Waals surface area contributed by atoms with Crippen molar-refractivity contribution in [1.29, 1.82) is 0 Å². The van der Waals surface area contributed by atoms with Crippen LogP contribution < -0.4 is 0 Å². The Morgan fingerprint density at radius 2 is 1.94 bits per heavy atom. The third-order valence-corrected chi connectivity index (χ3v) is 3.04. The molecule has 0 aliphatic carbocycles. The minimum Gasteiger partial charge on any atom is -0.478 e. The molecule has 0 bridgehead atoms. The van der Waals surface area contributed by atoms with Crippen molar-refractivity contribution in [3.63, 3.8) is 0 Å². The van der Waals surface area contributed by atoms with E-state index in [0.717, 1.165) is 4.90 Å². The molecular weight excluding hydrogens is 222 g/mol. The number of carboxylic acids is 1. The number of pyridine rings is 1. The van der Waals surface area contributed by atoms with Crippen molar-refractivity contribution < 1.29 is 9.90 Å². The smallest absolute Gasteiger partial charge is 0.336 e. The molecule has 2 aromatic rings. The summed E-state index contributed by atoms with van der Waals surface area (Å²) in [5, 5.41) is 9.00. The molecule has 0 unspecified atom stereocenters. The van der Waals surface area contributed by atoms with E-state index < -0.39 is 5.97 Å². The third kappa shape index (κ3) is 2.41. The van der Waals surface area contributed by atoms with Gasteiger partial charge in [0.15, 0.2) is 0 Å². The number of hydrogen-bond acceptors (Lipinski definition) is 3. The molecule has 1 aromatic heterocycles. The van der Waals surface area contributed by atoms with E-state index in [1.807, 2.05) is 30.3 Å². The molecule has 0 aliphatic rings. The van der Waals surface area contributed by atoms with Gasteiger partial charge in [0.05, 0.1) is 5.56 Å². The van der Waals surface area contributed by atoms with Crippen LogP contribution in [0.5, 0.6) is 0 Å². The quantitative estimate of drug-likeness (QED) is 0.882. The first-order valence-corrected chi connectivity index (χ1v) is 5.49. The minimum absolute atomic E-state index is 0.281. The van der Waals surface area contributed by atoms with E-state index in [0.29, 0.717) is 4.90 Å². The Morgan fingerprint density at radius 3 is 2.62 bits per heavy atom. The van der Waals surface area contributed by atoms with Gasteiger partial charge >= 0.3 is 5.97 Å². The first kappa shape index (κ1) is 10.7. The fourth-order valence-corrected chi connectivity index (χ4v) is 2.18. The van der Waals surface area contributed by atoms with Crippen molar-refractivity contribution in [3.8, 4) is 0 Å². The van der Waals surface area contributed by atoms with E-state index in [9.17, 15) is 4.79 Å². The van der Waals surface area contributed by atoms with Crippen molar-refractivity contribution in [2.45, 2.75) is 9.79 Å². The molecule has 3 nitrogen and oxygen atoms in total. The van der Waals surface area contributed by atoms with Crippen LogP contribution >= 0.6 is 11.8 Å². The summed E-state index contributed by atoms with van der Waals surface area (Å²) < 4.78 is 0. The van der Waals surface area contributed by atoms with Crippen LogP contribution in [0.3, 0.4) is 0 Å². The van der Waals surface area contributed by atoms with Crippen LogP contribution in [0.15, 0.2) is 58.6 Å². The lowest BCUT2D eigenvalue weighted by Gasteiger charge is -2.04. The summed E-state index contributed by atoms with van der Waals surface area (Å²) >= 11 is 1.40. The highest BCUT2D eigenvalue weighted by molar-refractivity contribution is 7.99. The van der Waals surface area contributed by atoms with Crippen molar-refractivity contribution in [3.05, 3.63) is 54.4 Å². The average molecular weight is 231 g/mol. The summed E-state index contributed by atoms with van der Waals surface area (Å²) in [7, 11) is 0. The van der Waals surface area contributed by atoms with Crippen LogP contribution in [0.25, 0.3) is 0 Å². The summed E-state index contributed by atoms with van der Waals surface area (Å²) in [5.41, 5.74) is 0.281. The molecule has 0 saturated heterocycles. The standard InChI is InChI=1S/C12H9NO2S/c14-12(15)10-6-7-13-8-11(10)16-9-4-2-1-3-5-9/h1-8H,(H,14,15). The van der Waals surface area contributed by atoms with Crippen LogP contribution in [-0.2, 0) is 0 Å². The molecule has 1 N–H and O–H groups in total. The Hall–Kier alpha value is -1.81. The molecule has 16 heavy (non-hydrogen) atoms. The Labute approximate surface area is 97.2 Å². The van der Waals surface area contributed by atoms with Crippen LogP contribution in [0.1, 0.15) is 10.4 Å². The maximum absolute atomic E-state index is 11.0. The molecule has 1 heterocycles. The Bertz CT molecular complexity index is 499. The summed E-state index contributed by atoms with van der Waals surface area (Å²) in [6.07, 6.45) is 3.06. The number of carboxylic acid groups (broad SMARTS) is 1. The fourth-order valence-electron chi connectivity index (χ4n) is 1.25. The lowest BCUT2D eigenvalue weighted by molar-refractivity contribution is 0.0693. The highest BCUT2D eigenvalue weighted by atomic mass is 32.2. The topological polar surface area (TPSA) is 50.2 Å². The van der Waals surface area contributed by atoms with E-state index in [2.05, 4.69) is 4.98 Å². The monoisotopic (exact) mass is 231 g/mol. The molecule has 2 rings (SSSR count). The van der Waals surface area contributed by atoms with Gasteiger partial charge in [-0.25, -0.2) is 4.79 Å². The van der Waals surface area contributed by atoms with Gasteiger partial charge < -0.3 is 5.11 Å². The van der Waals surface area contributed by atoms with Crippen molar-refractivity contribution >= 4 is 17.7 Å². The van der Waals surface area contributed by atoms with Crippen LogP contribution in [0.4, 0.5) is 0 Å². The molecular formula is C12H9NO2S. The van der Waals surface area contributed by atoms with Crippen LogP contribution in [-0.4, -0.2) is 16.1 Å². The van der Waals surface area contributed by atoms with E-state index in [1.165, 1.54) is 24.0 Å². The van der Waals surface area contributed by atoms with Gasteiger partial charge in [0.1, 0.15) is 0 Å². The highest BCUT2D eigenvalue weighted by Gasteiger charge is 2.10. The fraction of sp³-hybridized carbons (Fsp3) is 0. The zero-order valence-corrected chi connectivity index (χ0v) is 9.15. The normalized spacial score (nSPS) is 10.0. The Balaban J connectivity index is 2.31. The predicted molar refractivity (Wildman–Crippen MR) is 61.8 cm³/mol. The molecule has 0 aliphatic heterocycles. The number of aromatic carboxylic acids is 1. The van der Waals surface area contributed by atoms with Gasteiger partial charge in [-0.3, -0.25) is 4.98 Å². The van der Waals surface area contributed by atoms with Crippen molar-refractivity contribution in [1.82, 2.24) is 4.98 Å². The lowest BCUT2D eigenvalue weighted by atomic mass is 10.3. The number of benzene rings is 1. The second-order valence-electron chi connectivity index (χ2n) is 3.09. The van der Waals surface area contributed by atoms with Gasteiger partial charge in [0.25, 0.3) is 0 Å². The second kappa shape index (κ2) is 4.81. The largest absolute Gasteiger partial charge is 0.478 e. The highest BCUT2D eigenvalue weighted by Crippen LogP contribution is 2.29. The van der Waals surface area contributed by atoms with E-state index >= 15 is 0 Å². The van der Waals surface area contributed by atoms with Gasteiger partial charge in [-0.15, -0.1) is 0 Å². The summed E-state index contributed by atoms with van der Waals surface area (Å²) in [6, 6.07) is 11.1. The third-order valence-electron chi connectivity index (χ3n) is 1.99. The lowest BCUT2D eigenvalue weighted by Crippen LogP contribution is -1.98. The van der Waals surface area contributed by atoms with Crippen LogP contribution in [0, 0.1) is 0 Å². The summed E-state index contributed by atoms with van der Waals surface area (Å²) in [4.78, 5) is 16.6. The van der Waals surface area contributed by atoms with Crippen molar-refractivity contribution in [2.75, 3.05) is 0 Å². The van der Waals surface area contributed by atoms with E-state index in [-0.39, 0.29) is 5.56 Å². The van der Waals surface area contributed by atoms with E-state index in [4.69, 9.17) is 5.11 Å². The molecule has 80 valence electrons. The molecule has 0 radical (unpaired) electrons. The zero-order valence-electron chi connectivity index (χ0n) is 8.33. The first-order chi connectivity index (χ1) is 7.77. The molecule has 1 aromatic carbocycles. The SMILES string of the molecule is O=C(O)c1ccncc1Sc1ccccc1. The molecule has 0 spiro atoms. The second-order valence-corrected chi connectivity index (χ2v) is 4.21. The maximum Gasteiger partial charge on any atom is 0.336 e. The number of aromatic nitrogens is 1.